The van der Waals surface area contributed by atoms with Crippen LogP contribution in [0.3, 0.4) is 0 Å². The van der Waals surface area contributed by atoms with E-state index in [2.05, 4.69) is 10.1 Å². The van der Waals surface area contributed by atoms with Crippen LogP contribution in [-0.2, 0) is 11.2 Å². The Morgan fingerprint density at radius 3 is 2.64 bits per heavy atom. The minimum Gasteiger partial charge on any atom is -0.508 e. The standard InChI is InChI=1S/C17H13Cl2N3O3/c18-11-6-14(19)13(16(23)7-11)8-15(22-10-20-9-21-22)17(24)25-12-4-2-1-3-5-12/h1-7,9-10,15,23H,8H2. The van der Waals surface area contributed by atoms with Crippen molar-refractivity contribution in [1.29, 1.82) is 0 Å². The van der Waals surface area contributed by atoms with Gasteiger partial charge in [-0.15, -0.1) is 0 Å². The Balaban J connectivity index is 1.90. The molecule has 1 heterocycles. The van der Waals surface area contributed by atoms with Gasteiger partial charge in [0, 0.05) is 22.0 Å². The molecule has 128 valence electrons. The van der Waals surface area contributed by atoms with Crippen LogP contribution >= 0.6 is 23.2 Å². The van der Waals surface area contributed by atoms with Gasteiger partial charge in [0.15, 0.2) is 6.04 Å². The van der Waals surface area contributed by atoms with Crippen LogP contribution in [0, 0.1) is 0 Å². The Morgan fingerprint density at radius 1 is 1.24 bits per heavy atom. The summed E-state index contributed by atoms with van der Waals surface area (Å²) in [6.07, 6.45) is 2.78. The Kier molecular flexibility index (Phi) is 5.21. The molecule has 1 unspecified atom stereocenters. The van der Waals surface area contributed by atoms with Crippen molar-refractivity contribution in [2.45, 2.75) is 12.5 Å². The quantitative estimate of drug-likeness (QED) is 0.541. The molecular weight excluding hydrogens is 365 g/mol. The van der Waals surface area contributed by atoms with Gasteiger partial charge >= 0.3 is 5.97 Å². The number of aromatic hydroxyl groups is 1. The molecule has 0 amide bonds. The van der Waals surface area contributed by atoms with E-state index in [-0.39, 0.29) is 17.2 Å². The molecule has 8 heteroatoms. The second-order valence-electron chi connectivity index (χ2n) is 5.21. The first-order valence-corrected chi connectivity index (χ1v) is 8.08. The summed E-state index contributed by atoms with van der Waals surface area (Å²) < 4.78 is 6.75. The summed E-state index contributed by atoms with van der Waals surface area (Å²) in [5.41, 5.74) is 0.372. The highest BCUT2D eigenvalue weighted by Gasteiger charge is 2.26. The molecule has 1 atom stereocenters. The van der Waals surface area contributed by atoms with E-state index in [0.717, 1.165) is 0 Å². The first kappa shape index (κ1) is 17.3. The van der Waals surface area contributed by atoms with Gasteiger partial charge in [-0.3, -0.25) is 0 Å². The molecule has 0 bridgehead atoms. The van der Waals surface area contributed by atoms with E-state index in [9.17, 15) is 9.90 Å². The minimum absolute atomic E-state index is 0.0663. The molecule has 0 fully saturated rings. The number of halogens is 2. The monoisotopic (exact) mass is 377 g/mol. The van der Waals surface area contributed by atoms with Crippen LogP contribution in [0.25, 0.3) is 0 Å². The molecule has 0 aliphatic carbocycles. The van der Waals surface area contributed by atoms with Crippen molar-refractivity contribution in [3.63, 3.8) is 0 Å². The van der Waals surface area contributed by atoms with Crippen LogP contribution in [0.4, 0.5) is 0 Å². The van der Waals surface area contributed by atoms with Crippen molar-refractivity contribution in [2.24, 2.45) is 0 Å². The highest BCUT2D eigenvalue weighted by Crippen LogP contribution is 2.33. The van der Waals surface area contributed by atoms with Gasteiger partial charge < -0.3 is 9.84 Å². The maximum atomic E-state index is 12.6. The topological polar surface area (TPSA) is 77.2 Å². The molecule has 1 N–H and O–H groups in total. The zero-order valence-electron chi connectivity index (χ0n) is 12.8. The molecule has 6 nitrogen and oxygen atoms in total. The lowest BCUT2D eigenvalue weighted by molar-refractivity contribution is -0.138. The van der Waals surface area contributed by atoms with Crippen LogP contribution in [0.2, 0.25) is 10.0 Å². The Morgan fingerprint density at radius 2 is 2.00 bits per heavy atom. The van der Waals surface area contributed by atoms with E-state index in [1.165, 1.54) is 29.5 Å². The zero-order chi connectivity index (χ0) is 17.8. The lowest BCUT2D eigenvalue weighted by Crippen LogP contribution is -2.27. The van der Waals surface area contributed by atoms with Gasteiger partial charge in [-0.2, -0.15) is 5.10 Å². The number of hydrogen-bond donors (Lipinski definition) is 1. The summed E-state index contributed by atoms with van der Waals surface area (Å²) in [6, 6.07) is 10.7. The van der Waals surface area contributed by atoms with Gasteiger partial charge in [0.1, 0.15) is 24.2 Å². The molecule has 0 aliphatic heterocycles. The lowest BCUT2D eigenvalue weighted by Gasteiger charge is -2.17. The molecular formula is C17H13Cl2N3O3. The van der Waals surface area contributed by atoms with Crippen molar-refractivity contribution in [3.8, 4) is 11.5 Å². The number of rotatable bonds is 5. The number of hydrogen-bond acceptors (Lipinski definition) is 5. The van der Waals surface area contributed by atoms with Gasteiger partial charge in [0.2, 0.25) is 0 Å². The second kappa shape index (κ2) is 7.55. The van der Waals surface area contributed by atoms with E-state index in [1.54, 1.807) is 24.3 Å². The SMILES string of the molecule is O=C(Oc1ccccc1)C(Cc1c(O)cc(Cl)cc1Cl)n1cncn1. The number of ether oxygens (including phenoxy) is 1. The smallest absolute Gasteiger partial charge is 0.336 e. The predicted molar refractivity (Wildman–Crippen MR) is 93.0 cm³/mol. The molecule has 0 saturated carbocycles. The number of benzene rings is 2. The fourth-order valence-electron chi connectivity index (χ4n) is 2.32. The molecule has 2 aromatic carbocycles. The van der Waals surface area contributed by atoms with Gasteiger partial charge in [-0.1, -0.05) is 41.4 Å². The van der Waals surface area contributed by atoms with E-state index in [1.807, 2.05) is 6.07 Å². The Bertz CT molecular complexity index is 847. The van der Waals surface area contributed by atoms with Crippen molar-refractivity contribution in [3.05, 3.63) is 70.7 Å². The Labute approximate surface area is 153 Å². The molecule has 0 saturated heterocycles. The van der Waals surface area contributed by atoms with Crippen LogP contribution in [-0.4, -0.2) is 25.8 Å². The maximum absolute atomic E-state index is 12.6. The van der Waals surface area contributed by atoms with E-state index in [4.69, 9.17) is 27.9 Å². The van der Waals surface area contributed by atoms with E-state index >= 15 is 0 Å². The number of para-hydroxylation sites is 1. The highest BCUT2D eigenvalue weighted by molar-refractivity contribution is 6.35. The summed E-state index contributed by atoms with van der Waals surface area (Å²) in [6.45, 7) is 0. The molecule has 25 heavy (non-hydrogen) atoms. The van der Waals surface area contributed by atoms with Crippen molar-refractivity contribution < 1.29 is 14.6 Å². The normalized spacial score (nSPS) is 11.9. The Hall–Kier alpha value is -2.57. The summed E-state index contributed by atoms with van der Waals surface area (Å²) in [5, 5.41) is 14.7. The minimum atomic E-state index is -0.854. The van der Waals surface area contributed by atoms with Gasteiger partial charge in [0.25, 0.3) is 0 Å². The fourth-order valence-corrected chi connectivity index (χ4v) is 2.88. The third kappa shape index (κ3) is 4.10. The van der Waals surface area contributed by atoms with Gasteiger partial charge in [0.05, 0.1) is 0 Å². The number of nitrogens with zero attached hydrogens (tertiary/aromatic N) is 3. The largest absolute Gasteiger partial charge is 0.508 e. The summed E-state index contributed by atoms with van der Waals surface area (Å²) in [7, 11) is 0. The number of phenols is 1. The molecule has 0 radical (unpaired) electrons. The maximum Gasteiger partial charge on any atom is 0.336 e. The third-order valence-electron chi connectivity index (χ3n) is 3.52. The first-order valence-electron chi connectivity index (χ1n) is 7.32. The van der Waals surface area contributed by atoms with Crippen LogP contribution in [0.5, 0.6) is 11.5 Å². The van der Waals surface area contributed by atoms with Gasteiger partial charge in [-0.25, -0.2) is 14.5 Å². The average molecular weight is 378 g/mol. The molecule has 1 aromatic heterocycles. The van der Waals surface area contributed by atoms with Crippen LogP contribution < -0.4 is 4.74 Å². The fraction of sp³-hybridized carbons (Fsp3) is 0.118. The average Bonchev–Trinajstić information content (AvgIpc) is 3.09. The van der Waals surface area contributed by atoms with Crippen molar-refractivity contribution >= 4 is 29.2 Å². The number of carbonyl (C=O) groups excluding carboxylic acids is 1. The second-order valence-corrected chi connectivity index (χ2v) is 6.06. The van der Waals surface area contributed by atoms with Crippen LogP contribution in [0.15, 0.2) is 55.1 Å². The molecule has 0 spiro atoms. The number of esters is 1. The molecule has 3 aromatic rings. The van der Waals surface area contributed by atoms with E-state index in [0.29, 0.717) is 16.3 Å². The number of carbonyl (C=O) groups is 1. The summed E-state index contributed by atoms with van der Waals surface area (Å²) in [4.78, 5) is 16.5. The zero-order valence-corrected chi connectivity index (χ0v) is 14.4. The number of aromatic nitrogens is 3. The number of phenolic OH excluding ortho intramolecular Hbond substituents is 1. The highest BCUT2D eigenvalue weighted by atomic mass is 35.5. The summed E-state index contributed by atoms with van der Waals surface area (Å²) >= 11 is 12.0. The van der Waals surface area contributed by atoms with E-state index < -0.39 is 12.0 Å². The third-order valence-corrected chi connectivity index (χ3v) is 4.08. The van der Waals surface area contributed by atoms with Crippen molar-refractivity contribution in [1.82, 2.24) is 14.8 Å². The predicted octanol–water partition coefficient (Wildman–Crippen LogP) is 3.68. The van der Waals surface area contributed by atoms with Crippen LogP contribution in [0.1, 0.15) is 11.6 Å². The lowest BCUT2D eigenvalue weighted by atomic mass is 10.0. The summed E-state index contributed by atoms with van der Waals surface area (Å²) in [5.74, 6) is -0.249. The molecule has 0 aliphatic rings. The molecule has 3 rings (SSSR count). The van der Waals surface area contributed by atoms with Gasteiger partial charge in [-0.05, 0) is 24.3 Å². The van der Waals surface area contributed by atoms with Crippen molar-refractivity contribution in [2.75, 3.05) is 0 Å². The first-order chi connectivity index (χ1) is 12.0.